The number of thiophene rings is 1. The van der Waals surface area contributed by atoms with Crippen LogP contribution in [-0.2, 0) is 0 Å². The van der Waals surface area contributed by atoms with E-state index in [0.29, 0.717) is 12.0 Å². The molecule has 8 aromatic carbocycles. The summed E-state index contributed by atoms with van der Waals surface area (Å²) in [7, 11) is 0. The number of hydrogen-bond acceptors (Lipinski definition) is 5. The first-order chi connectivity index (χ1) is 25.7. The summed E-state index contributed by atoms with van der Waals surface area (Å²) in [5.41, 5.74) is 8.08. The average Bonchev–Trinajstić information content (AvgIpc) is 3.60. The minimum atomic E-state index is 0.456. The second-order valence-electron chi connectivity index (χ2n) is 12.9. The van der Waals surface area contributed by atoms with E-state index in [1.807, 2.05) is 47.7 Å². The molecule has 5 heteroatoms. The van der Waals surface area contributed by atoms with Crippen LogP contribution in [0.2, 0.25) is 0 Å². The Hall–Kier alpha value is -6.56. The van der Waals surface area contributed by atoms with Crippen LogP contribution in [-0.4, -0.2) is 9.97 Å². The molecule has 0 amide bonds. The summed E-state index contributed by atoms with van der Waals surface area (Å²) >= 11 is 1.82. The molecule has 11 rings (SSSR count). The molecule has 0 aliphatic carbocycles. The maximum absolute atomic E-state index is 8.41. The quantitative estimate of drug-likeness (QED) is 0.187. The first kappa shape index (κ1) is 27.3. The number of aromatic nitrogens is 2. The molecule has 1 aliphatic rings. The summed E-state index contributed by atoms with van der Waals surface area (Å²) < 4.78 is 10.8. The Kier molecular flexibility index (Phi) is 5.87. The smallest absolute Gasteiger partial charge is 0.246 e. The minimum absolute atomic E-state index is 0.456. The highest BCUT2D eigenvalue weighted by atomic mass is 32.1. The second kappa shape index (κ2) is 11.0. The Balaban J connectivity index is 1.37. The maximum atomic E-state index is 8.41. The molecule has 51 heavy (non-hydrogen) atoms. The van der Waals surface area contributed by atoms with Crippen molar-refractivity contribution >= 4 is 87.0 Å². The van der Waals surface area contributed by atoms with E-state index in [1.165, 1.54) is 47.3 Å². The molecule has 0 saturated carbocycles. The van der Waals surface area contributed by atoms with Crippen molar-refractivity contribution in [2.75, 3.05) is 10.0 Å². The van der Waals surface area contributed by atoms with E-state index in [0.717, 1.165) is 44.8 Å². The lowest BCUT2D eigenvalue weighted by atomic mass is 9.87. The number of hydrazine groups is 1. The largest absolute Gasteiger partial charge is 0.251 e. The van der Waals surface area contributed by atoms with Gasteiger partial charge in [-0.1, -0.05) is 140 Å². The number of anilines is 4. The van der Waals surface area contributed by atoms with Crippen molar-refractivity contribution in [3.05, 3.63) is 170 Å². The fraction of sp³-hybridized carbons (Fsp3) is 0. The van der Waals surface area contributed by atoms with E-state index in [-0.39, 0.29) is 0 Å². The zero-order valence-corrected chi connectivity index (χ0v) is 28.1. The van der Waals surface area contributed by atoms with Crippen LogP contribution in [0.4, 0.5) is 23.0 Å². The molecular formula is C46H28N4S. The van der Waals surface area contributed by atoms with Gasteiger partial charge in [0.15, 0.2) is 0 Å². The molecule has 1 aliphatic heterocycles. The third-order valence-electron chi connectivity index (χ3n) is 10.1. The van der Waals surface area contributed by atoms with E-state index in [4.69, 9.17) is 11.3 Å². The van der Waals surface area contributed by atoms with Crippen LogP contribution in [0.3, 0.4) is 0 Å². The van der Waals surface area contributed by atoms with E-state index in [1.54, 1.807) is 0 Å². The normalized spacial score (nSPS) is 12.9. The van der Waals surface area contributed by atoms with E-state index in [2.05, 4.69) is 137 Å². The van der Waals surface area contributed by atoms with Crippen LogP contribution in [0, 0.1) is 0 Å². The van der Waals surface area contributed by atoms with Crippen LogP contribution < -0.4 is 10.0 Å². The van der Waals surface area contributed by atoms with Crippen molar-refractivity contribution in [3.63, 3.8) is 0 Å². The molecule has 0 unspecified atom stereocenters. The molecule has 238 valence electrons. The van der Waals surface area contributed by atoms with Crippen molar-refractivity contribution in [2.24, 2.45) is 0 Å². The van der Waals surface area contributed by atoms with Gasteiger partial charge in [0.25, 0.3) is 5.95 Å². The fourth-order valence-electron chi connectivity index (χ4n) is 7.94. The zero-order chi connectivity index (χ0) is 34.3. The lowest BCUT2D eigenvalue weighted by Gasteiger charge is -2.43. The van der Waals surface area contributed by atoms with Gasteiger partial charge in [0, 0.05) is 37.5 Å². The first-order valence-corrected chi connectivity index (χ1v) is 17.9. The third-order valence-corrected chi connectivity index (χ3v) is 11.3. The summed E-state index contributed by atoms with van der Waals surface area (Å²) in [6, 6.07) is 57.6. The molecule has 0 radical (unpaired) electrons. The van der Waals surface area contributed by atoms with Gasteiger partial charge in [-0.3, -0.25) is 0 Å². The highest BCUT2D eigenvalue weighted by Crippen LogP contribution is 2.58. The summed E-state index contributed by atoms with van der Waals surface area (Å²) in [6.45, 7) is 0. The predicted molar refractivity (Wildman–Crippen MR) is 215 cm³/mol. The highest BCUT2D eigenvalue weighted by Gasteiger charge is 2.38. The summed E-state index contributed by atoms with van der Waals surface area (Å²) in [5.74, 6) is 0.571. The van der Waals surface area contributed by atoms with Crippen LogP contribution >= 0.6 is 11.3 Å². The van der Waals surface area contributed by atoms with Gasteiger partial charge >= 0.3 is 0 Å². The highest BCUT2D eigenvalue weighted by molar-refractivity contribution is 7.26. The molecule has 0 fully saturated rings. The predicted octanol–water partition coefficient (Wildman–Crippen LogP) is 12.8. The summed E-state index contributed by atoms with van der Waals surface area (Å²) in [4.78, 5) is 10.9. The molecule has 0 atom stereocenters. The number of para-hydroxylation sites is 2. The fourth-order valence-corrected chi connectivity index (χ4v) is 9.19. The van der Waals surface area contributed by atoms with E-state index >= 15 is 0 Å². The molecule has 4 nitrogen and oxygen atoms in total. The van der Waals surface area contributed by atoms with Gasteiger partial charge in [-0.25, -0.2) is 20.0 Å². The van der Waals surface area contributed by atoms with Gasteiger partial charge in [0.1, 0.15) is 0 Å². The van der Waals surface area contributed by atoms with Gasteiger partial charge in [-0.05, 0) is 51.9 Å². The van der Waals surface area contributed by atoms with E-state index < -0.39 is 0 Å². The van der Waals surface area contributed by atoms with Gasteiger partial charge in [-0.2, -0.15) is 0 Å². The second-order valence-corrected chi connectivity index (χ2v) is 13.9. The topological polar surface area (TPSA) is 32.3 Å². The maximum Gasteiger partial charge on any atom is 0.251 e. The van der Waals surface area contributed by atoms with Gasteiger partial charge in [-0.15, -0.1) is 11.3 Å². The zero-order valence-electron chi connectivity index (χ0n) is 28.3. The van der Waals surface area contributed by atoms with Crippen molar-refractivity contribution < 1.29 is 1.37 Å². The first-order valence-electron chi connectivity index (χ1n) is 17.6. The van der Waals surface area contributed by atoms with Crippen LogP contribution in [0.25, 0.3) is 75.0 Å². The number of hydrogen-bond donors (Lipinski definition) is 0. The molecule has 2 aromatic heterocycles. The molecule has 0 N–H and O–H groups in total. The van der Waals surface area contributed by atoms with E-state index in [9.17, 15) is 0 Å². The number of benzene rings is 8. The Bertz CT molecular complexity index is 3050. The Morgan fingerprint density at radius 1 is 0.510 bits per heavy atom. The Morgan fingerprint density at radius 2 is 1.20 bits per heavy atom. The lowest BCUT2D eigenvalue weighted by molar-refractivity contribution is 0.933. The molecular weight excluding hydrogens is 641 g/mol. The summed E-state index contributed by atoms with van der Waals surface area (Å²) in [6.07, 6.45) is 0. The molecule has 10 aromatic rings. The third kappa shape index (κ3) is 4.13. The SMILES string of the molecule is [2H]c1ccc(N2c3ccc4ccccc4c3-c3c(c4sc5ccccc5c4c4ccccc34)N2c2nc(-c3ccccc3)c3ccccc3n2)cc1. The molecule has 0 bridgehead atoms. The van der Waals surface area contributed by atoms with Gasteiger partial charge < -0.3 is 0 Å². The van der Waals surface area contributed by atoms with Crippen molar-refractivity contribution in [2.45, 2.75) is 0 Å². The average molecular weight is 670 g/mol. The number of nitrogens with zero attached hydrogens (tertiary/aromatic N) is 4. The molecule has 3 heterocycles. The Morgan fingerprint density at radius 3 is 2.04 bits per heavy atom. The van der Waals surface area contributed by atoms with Crippen LogP contribution in [0.5, 0.6) is 0 Å². The van der Waals surface area contributed by atoms with Gasteiger partial charge in [0.2, 0.25) is 0 Å². The van der Waals surface area contributed by atoms with Crippen molar-refractivity contribution in [3.8, 4) is 22.4 Å². The summed E-state index contributed by atoms with van der Waals surface area (Å²) in [5, 5.41) is 12.7. The monoisotopic (exact) mass is 669 g/mol. The number of rotatable bonds is 3. The van der Waals surface area contributed by atoms with Crippen molar-refractivity contribution in [1.29, 1.82) is 0 Å². The van der Waals surface area contributed by atoms with Crippen molar-refractivity contribution in [1.82, 2.24) is 9.97 Å². The molecule has 0 spiro atoms. The van der Waals surface area contributed by atoms with Crippen LogP contribution in [0.15, 0.2) is 170 Å². The minimum Gasteiger partial charge on any atom is -0.246 e. The molecule has 0 saturated heterocycles. The lowest BCUT2D eigenvalue weighted by Crippen LogP contribution is -2.40. The Labute approximate surface area is 299 Å². The van der Waals surface area contributed by atoms with Crippen LogP contribution in [0.1, 0.15) is 1.37 Å². The standard InChI is InChI=1S/C46H28N4S/c1-3-16-30(17-4-1)43-35-23-11-13-25-37(35)47-46(48-43)50-44-42(34-22-10-9-21-33(34)40-36-24-12-14-26-39(36)51-45(40)44)41-32-20-8-7-15-29(32)27-28-38(41)49(50)31-18-5-2-6-19-31/h1-28H/i2D. The van der Waals surface area contributed by atoms with Gasteiger partial charge in [0.05, 0.1) is 34.3 Å². The number of fused-ring (bicyclic) bond motifs is 13.